The molecule has 0 aromatic heterocycles. The first kappa shape index (κ1) is 25.1. The van der Waals surface area contributed by atoms with Gasteiger partial charge in [-0.15, -0.1) is 24.0 Å². The van der Waals surface area contributed by atoms with Gasteiger partial charge in [0.05, 0.1) is 18.8 Å². The largest absolute Gasteiger partial charge is 0.376 e. The number of guanidine groups is 1. The van der Waals surface area contributed by atoms with Gasteiger partial charge in [0.15, 0.2) is 5.96 Å². The number of nitrogens with zero attached hydrogens (tertiary/aromatic N) is 3. The van der Waals surface area contributed by atoms with E-state index in [0.717, 1.165) is 64.6 Å². The van der Waals surface area contributed by atoms with Gasteiger partial charge in [-0.3, -0.25) is 4.99 Å². The topological polar surface area (TPSA) is 49.3 Å². The molecule has 29 heavy (non-hydrogen) atoms. The zero-order valence-corrected chi connectivity index (χ0v) is 20.8. The molecule has 0 radical (unpaired) electrons. The highest BCUT2D eigenvalue weighted by atomic mass is 127. The minimum absolute atomic E-state index is 0. The van der Waals surface area contributed by atoms with Crippen LogP contribution in [-0.2, 0) is 9.47 Å². The average molecular weight is 523 g/mol. The van der Waals surface area contributed by atoms with E-state index in [-0.39, 0.29) is 24.0 Å². The van der Waals surface area contributed by atoms with Gasteiger partial charge in [-0.05, 0) is 84.3 Å². The lowest BCUT2D eigenvalue weighted by Crippen LogP contribution is -2.47. The predicted molar refractivity (Wildman–Crippen MR) is 130 cm³/mol. The Balaban J connectivity index is 0.00000300. The van der Waals surface area contributed by atoms with Crippen LogP contribution in [0.1, 0.15) is 64.7 Å². The SMILES string of the molecule is CCNC(=NCCCCN1CCCC1)N1CCC(OCC2CCCCO2)CC1.I. The van der Waals surface area contributed by atoms with E-state index in [1.54, 1.807) is 0 Å². The molecule has 3 heterocycles. The first-order valence-electron chi connectivity index (χ1n) is 11.8. The van der Waals surface area contributed by atoms with Crippen molar-refractivity contribution < 1.29 is 9.47 Å². The fraction of sp³-hybridized carbons (Fsp3) is 0.955. The lowest BCUT2D eigenvalue weighted by atomic mass is 10.1. The lowest BCUT2D eigenvalue weighted by molar-refractivity contribution is -0.0721. The highest BCUT2D eigenvalue weighted by Gasteiger charge is 2.23. The van der Waals surface area contributed by atoms with Crippen LogP contribution in [-0.4, -0.2) is 87.0 Å². The molecule has 1 atom stereocenters. The third-order valence-electron chi connectivity index (χ3n) is 6.21. The van der Waals surface area contributed by atoms with Crippen LogP contribution in [0.2, 0.25) is 0 Å². The number of nitrogens with one attached hydrogen (secondary N) is 1. The maximum absolute atomic E-state index is 6.16. The fourth-order valence-electron chi connectivity index (χ4n) is 4.48. The number of unbranched alkanes of at least 4 members (excludes halogenated alkanes) is 1. The molecule has 3 aliphatic heterocycles. The Morgan fingerprint density at radius 2 is 1.83 bits per heavy atom. The number of hydrogen-bond donors (Lipinski definition) is 1. The third kappa shape index (κ3) is 9.27. The highest BCUT2D eigenvalue weighted by molar-refractivity contribution is 14.0. The van der Waals surface area contributed by atoms with Crippen LogP contribution >= 0.6 is 24.0 Å². The second-order valence-corrected chi connectivity index (χ2v) is 8.50. The minimum atomic E-state index is 0. The molecule has 0 spiro atoms. The van der Waals surface area contributed by atoms with Crippen molar-refractivity contribution in [3.8, 4) is 0 Å². The maximum atomic E-state index is 6.16. The van der Waals surface area contributed by atoms with Crippen molar-refractivity contribution in [2.45, 2.75) is 76.9 Å². The van der Waals surface area contributed by atoms with Crippen LogP contribution in [0.15, 0.2) is 4.99 Å². The first-order valence-corrected chi connectivity index (χ1v) is 11.8. The third-order valence-corrected chi connectivity index (χ3v) is 6.21. The summed E-state index contributed by atoms with van der Waals surface area (Å²) < 4.78 is 11.9. The molecule has 0 bridgehead atoms. The van der Waals surface area contributed by atoms with Crippen LogP contribution in [0.3, 0.4) is 0 Å². The van der Waals surface area contributed by atoms with Gasteiger partial charge >= 0.3 is 0 Å². The predicted octanol–water partition coefficient (Wildman–Crippen LogP) is 3.50. The van der Waals surface area contributed by atoms with Crippen molar-refractivity contribution in [2.24, 2.45) is 4.99 Å². The molecule has 1 unspecified atom stereocenters. The highest BCUT2D eigenvalue weighted by Crippen LogP contribution is 2.18. The summed E-state index contributed by atoms with van der Waals surface area (Å²) in [6.45, 7) is 11.6. The van der Waals surface area contributed by atoms with Gasteiger partial charge in [-0.1, -0.05) is 0 Å². The van der Waals surface area contributed by atoms with E-state index in [2.05, 4.69) is 22.0 Å². The monoisotopic (exact) mass is 522 g/mol. The molecule has 3 fully saturated rings. The van der Waals surface area contributed by atoms with Crippen molar-refractivity contribution in [1.29, 1.82) is 0 Å². The van der Waals surface area contributed by atoms with Gasteiger partial charge in [-0.2, -0.15) is 0 Å². The van der Waals surface area contributed by atoms with E-state index in [9.17, 15) is 0 Å². The second-order valence-electron chi connectivity index (χ2n) is 8.50. The Bertz CT molecular complexity index is 446. The average Bonchev–Trinajstić information content (AvgIpc) is 3.26. The summed E-state index contributed by atoms with van der Waals surface area (Å²) in [5.41, 5.74) is 0. The fourth-order valence-corrected chi connectivity index (χ4v) is 4.48. The molecule has 3 aliphatic rings. The van der Waals surface area contributed by atoms with Gasteiger partial charge in [0.25, 0.3) is 0 Å². The Morgan fingerprint density at radius 1 is 1.03 bits per heavy atom. The Labute approximate surface area is 195 Å². The van der Waals surface area contributed by atoms with Gasteiger partial charge in [0.1, 0.15) is 0 Å². The number of halogens is 1. The molecular weight excluding hydrogens is 479 g/mol. The molecule has 3 saturated heterocycles. The van der Waals surface area contributed by atoms with Crippen LogP contribution in [0, 0.1) is 0 Å². The molecule has 0 amide bonds. The number of rotatable bonds is 9. The Hall–Kier alpha value is -0.120. The Morgan fingerprint density at radius 3 is 2.52 bits per heavy atom. The molecule has 6 nitrogen and oxygen atoms in total. The smallest absolute Gasteiger partial charge is 0.193 e. The zero-order chi connectivity index (χ0) is 19.4. The molecule has 0 aromatic carbocycles. The minimum Gasteiger partial charge on any atom is -0.376 e. The summed E-state index contributed by atoms with van der Waals surface area (Å²) in [7, 11) is 0. The standard InChI is InChI=1S/C22H42N4O2.HI/c1-2-23-22(24-12-4-5-13-25-14-6-7-15-25)26-16-10-20(11-17-26)28-19-21-9-3-8-18-27-21;/h20-21H,2-19H2,1H3,(H,23,24);1H. The van der Waals surface area contributed by atoms with Gasteiger partial charge in [0, 0.05) is 32.8 Å². The summed E-state index contributed by atoms with van der Waals surface area (Å²) in [5, 5.41) is 3.49. The van der Waals surface area contributed by atoms with Gasteiger partial charge in [0.2, 0.25) is 0 Å². The summed E-state index contributed by atoms with van der Waals surface area (Å²) in [4.78, 5) is 9.91. The van der Waals surface area contributed by atoms with E-state index in [4.69, 9.17) is 14.5 Å². The van der Waals surface area contributed by atoms with Crippen molar-refractivity contribution in [1.82, 2.24) is 15.1 Å². The van der Waals surface area contributed by atoms with Crippen LogP contribution in [0.25, 0.3) is 0 Å². The van der Waals surface area contributed by atoms with Crippen molar-refractivity contribution in [3.63, 3.8) is 0 Å². The molecular formula is C22H43IN4O2. The summed E-state index contributed by atoms with van der Waals surface area (Å²) >= 11 is 0. The van der Waals surface area contributed by atoms with E-state index < -0.39 is 0 Å². The van der Waals surface area contributed by atoms with E-state index in [0.29, 0.717) is 12.2 Å². The first-order chi connectivity index (χ1) is 13.8. The number of ether oxygens (including phenoxy) is 2. The van der Waals surface area contributed by atoms with Crippen molar-refractivity contribution >= 4 is 29.9 Å². The summed E-state index contributed by atoms with van der Waals surface area (Å²) in [5.74, 6) is 1.10. The molecule has 1 N–H and O–H groups in total. The Kier molecular flexibility index (Phi) is 12.8. The maximum Gasteiger partial charge on any atom is 0.193 e. The van der Waals surface area contributed by atoms with Crippen molar-refractivity contribution in [2.75, 3.05) is 59.0 Å². The van der Waals surface area contributed by atoms with Gasteiger partial charge < -0.3 is 24.6 Å². The molecule has 0 aromatic rings. The zero-order valence-electron chi connectivity index (χ0n) is 18.4. The molecule has 170 valence electrons. The number of hydrogen-bond acceptors (Lipinski definition) is 4. The normalized spacial score (nSPS) is 24.5. The summed E-state index contributed by atoms with van der Waals surface area (Å²) in [6, 6.07) is 0. The van der Waals surface area contributed by atoms with Crippen LogP contribution in [0.4, 0.5) is 0 Å². The summed E-state index contributed by atoms with van der Waals surface area (Å²) in [6.07, 6.45) is 11.8. The number of likely N-dealkylation sites (tertiary alicyclic amines) is 2. The second kappa shape index (κ2) is 14.8. The van der Waals surface area contributed by atoms with Crippen molar-refractivity contribution in [3.05, 3.63) is 0 Å². The van der Waals surface area contributed by atoms with Crippen LogP contribution in [0.5, 0.6) is 0 Å². The number of aliphatic imine (C=N–C) groups is 1. The van der Waals surface area contributed by atoms with E-state index in [1.165, 1.54) is 58.2 Å². The molecule has 0 saturated carbocycles. The molecule has 3 rings (SSSR count). The molecule has 0 aliphatic carbocycles. The van der Waals surface area contributed by atoms with Gasteiger partial charge in [-0.25, -0.2) is 0 Å². The molecule has 7 heteroatoms. The van der Waals surface area contributed by atoms with E-state index in [1.807, 2.05) is 0 Å². The van der Waals surface area contributed by atoms with E-state index >= 15 is 0 Å². The quantitative estimate of drug-likeness (QED) is 0.218. The van der Waals surface area contributed by atoms with Crippen LogP contribution < -0.4 is 5.32 Å². The number of piperidine rings is 1. The lowest BCUT2D eigenvalue weighted by Gasteiger charge is -2.35.